The highest BCUT2D eigenvalue weighted by molar-refractivity contribution is 7.15. The molecule has 1 heterocycles. The molecule has 136 valence electrons. The monoisotopic (exact) mass is 377 g/mol. The van der Waals surface area contributed by atoms with Crippen molar-refractivity contribution in [2.24, 2.45) is 0 Å². The third kappa shape index (κ3) is 5.01. The summed E-state index contributed by atoms with van der Waals surface area (Å²) in [5.74, 6) is 1.13. The molecule has 1 saturated carbocycles. The van der Waals surface area contributed by atoms with Gasteiger partial charge in [0, 0.05) is 12.0 Å². The zero-order valence-electron chi connectivity index (χ0n) is 14.7. The smallest absolute Gasteiger partial charge is 0.250 e. The van der Waals surface area contributed by atoms with Crippen LogP contribution in [0.1, 0.15) is 34.9 Å². The van der Waals surface area contributed by atoms with Gasteiger partial charge < -0.3 is 4.74 Å². The molecule has 1 N–H and O–H groups in total. The molecule has 4 rings (SSSR count). The molecule has 0 spiro atoms. The van der Waals surface area contributed by atoms with Crippen molar-refractivity contribution in [3.8, 4) is 5.75 Å². The van der Waals surface area contributed by atoms with Gasteiger partial charge >= 0.3 is 0 Å². The van der Waals surface area contributed by atoms with Crippen LogP contribution in [0.5, 0.6) is 5.75 Å². The Morgan fingerprint density at radius 3 is 2.63 bits per heavy atom. The zero-order valence-corrected chi connectivity index (χ0v) is 15.5. The van der Waals surface area contributed by atoms with Crippen molar-refractivity contribution in [1.29, 1.82) is 0 Å². The predicted molar refractivity (Wildman–Crippen MR) is 107 cm³/mol. The highest BCUT2D eigenvalue weighted by atomic mass is 32.1. The molecular formula is C21H19N3O2S. The van der Waals surface area contributed by atoms with Crippen molar-refractivity contribution < 1.29 is 9.53 Å². The fourth-order valence-corrected chi connectivity index (χ4v) is 3.43. The minimum absolute atomic E-state index is 0.210. The van der Waals surface area contributed by atoms with Crippen molar-refractivity contribution in [3.05, 3.63) is 76.8 Å². The van der Waals surface area contributed by atoms with Crippen LogP contribution in [0.15, 0.2) is 60.7 Å². The molecule has 1 aliphatic rings. The van der Waals surface area contributed by atoms with Crippen LogP contribution in [-0.2, 0) is 11.4 Å². The van der Waals surface area contributed by atoms with Crippen molar-refractivity contribution in [2.45, 2.75) is 25.4 Å². The maximum absolute atomic E-state index is 12.0. The molecule has 5 nitrogen and oxygen atoms in total. The van der Waals surface area contributed by atoms with Crippen molar-refractivity contribution in [3.63, 3.8) is 0 Å². The first-order valence-corrected chi connectivity index (χ1v) is 9.67. The van der Waals surface area contributed by atoms with Crippen LogP contribution >= 0.6 is 11.3 Å². The number of hydrogen-bond donors (Lipinski definition) is 1. The Balaban J connectivity index is 1.28. The van der Waals surface area contributed by atoms with Gasteiger partial charge in [-0.05, 0) is 42.2 Å². The zero-order chi connectivity index (χ0) is 18.5. The molecule has 0 aliphatic heterocycles. The summed E-state index contributed by atoms with van der Waals surface area (Å²) < 4.78 is 5.76. The van der Waals surface area contributed by atoms with Crippen molar-refractivity contribution in [1.82, 2.24) is 10.2 Å². The summed E-state index contributed by atoms with van der Waals surface area (Å²) in [6.07, 6.45) is 5.61. The van der Waals surface area contributed by atoms with Gasteiger partial charge in [-0.3, -0.25) is 10.1 Å². The van der Waals surface area contributed by atoms with Crippen molar-refractivity contribution in [2.75, 3.05) is 5.32 Å². The second kappa shape index (κ2) is 8.14. The first-order chi connectivity index (χ1) is 13.3. The Labute approximate surface area is 161 Å². The first kappa shape index (κ1) is 17.4. The summed E-state index contributed by atoms with van der Waals surface area (Å²) in [5, 5.41) is 12.5. The van der Waals surface area contributed by atoms with E-state index in [1.165, 1.54) is 30.3 Å². The SMILES string of the molecule is O=C(/C=C/c1ccc(OCc2ccccc2)cc1)Nc1nnc(C2CC2)s1. The lowest BCUT2D eigenvalue weighted by Gasteiger charge is -2.06. The fraction of sp³-hybridized carbons (Fsp3) is 0.190. The molecular weight excluding hydrogens is 358 g/mol. The van der Waals surface area contributed by atoms with Gasteiger partial charge in [0.15, 0.2) is 0 Å². The largest absolute Gasteiger partial charge is 0.489 e. The molecule has 0 atom stereocenters. The highest BCUT2D eigenvalue weighted by Crippen LogP contribution is 2.42. The van der Waals surface area contributed by atoms with Gasteiger partial charge in [-0.25, -0.2) is 0 Å². The van der Waals surface area contributed by atoms with E-state index in [1.807, 2.05) is 54.6 Å². The summed E-state index contributed by atoms with van der Waals surface area (Å²) in [4.78, 5) is 12.0. The van der Waals surface area contributed by atoms with Gasteiger partial charge in [-0.2, -0.15) is 0 Å². The minimum atomic E-state index is -0.210. The quantitative estimate of drug-likeness (QED) is 0.609. The maximum Gasteiger partial charge on any atom is 0.250 e. The van der Waals surface area contributed by atoms with E-state index in [2.05, 4.69) is 15.5 Å². The number of benzene rings is 2. The summed E-state index contributed by atoms with van der Waals surface area (Å²) in [6, 6.07) is 17.7. The molecule has 3 aromatic rings. The number of nitrogens with one attached hydrogen (secondary N) is 1. The van der Waals surface area contributed by atoms with E-state index in [9.17, 15) is 4.79 Å². The van der Waals surface area contributed by atoms with Crippen molar-refractivity contribution >= 4 is 28.5 Å². The van der Waals surface area contributed by atoms with Crippen LogP contribution in [-0.4, -0.2) is 16.1 Å². The Bertz CT molecular complexity index is 932. The minimum Gasteiger partial charge on any atom is -0.489 e. The summed E-state index contributed by atoms with van der Waals surface area (Å²) in [7, 11) is 0. The lowest BCUT2D eigenvalue weighted by atomic mass is 10.2. The van der Waals surface area contributed by atoms with Crippen LogP contribution < -0.4 is 10.1 Å². The molecule has 0 unspecified atom stereocenters. The topological polar surface area (TPSA) is 64.1 Å². The van der Waals surface area contributed by atoms with E-state index in [4.69, 9.17) is 4.74 Å². The van der Waals surface area contributed by atoms with Crippen LogP contribution in [0.25, 0.3) is 6.08 Å². The van der Waals surface area contributed by atoms with Gasteiger partial charge in [0.25, 0.3) is 0 Å². The predicted octanol–water partition coefficient (Wildman–Crippen LogP) is 4.65. The van der Waals surface area contributed by atoms with Gasteiger partial charge in [-0.1, -0.05) is 53.8 Å². The van der Waals surface area contributed by atoms with Crippen LogP contribution in [0.2, 0.25) is 0 Å². The number of ether oxygens (including phenoxy) is 1. The highest BCUT2D eigenvalue weighted by Gasteiger charge is 2.27. The number of carbonyl (C=O) groups is 1. The van der Waals surface area contributed by atoms with Gasteiger partial charge in [-0.15, -0.1) is 10.2 Å². The Kier molecular flexibility index (Phi) is 5.25. The van der Waals surface area contributed by atoms with E-state index in [0.717, 1.165) is 21.9 Å². The molecule has 1 aromatic heterocycles. The second-order valence-electron chi connectivity index (χ2n) is 6.39. The van der Waals surface area contributed by atoms with Crippen LogP contribution in [0.4, 0.5) is 5.13 Å². The molecule has 0 bridgehead atoms. The molecule has 1 fully saturated rings. The summed E-state index contributed by atoms with van der Waals surface area (Å²) >= 11 is 1.45. The molecule has 2 aromatic carbocycles. The van der Waals surface area contributed by atoms with E-state index in [0.29, 0.717) is 17.7 Å². The Morgan fingerprint density at radius 1 is 1.11 bits per heavy atom. The Morgan fingerprint density at radius 2 is 1.89 bits per heavy atom. The average Bonchev–Trinajstić information content (AvgIpc) is 3.46. The number of rotatable bonds is 7. The lowest BCUT2D eigenvalue weighted by molar-refractivity contribution is -0.111. The van der Waals surface area contributed by atoms with E-state index >= 15 is 0 Å². The third-order valence-electron chi connectivity index (χ3n) is 4.15. The van der Waals surface area contributed by atoms with Gasteiger partial charge in [0.1, 0.15) is 17.4 Å². The van der Waals surface area contributed by atoms with Crippen LogP contribution in [0, 0.1) is 0 Å². The number of carbonyl (C=O) groups excluding carboxylic acids is 1. The molecule has 1 aliphatic carbocycles. The summed E-state index contributed by atoms with van der Waals surface area (Å²) in [6.45, 7) is 0.531. The maximum atomic E-state index is 12.0. The number of anilines is 1. The number of amides is 1. The molecule has 27 heavy (non-hydrogen) atoms. The first-order valence-electron chi connectivity index (χ1n) is 8.85. The molecule has 0 radical (unpaired) electrons. The normalized spacial score (nSPS) is 13.6. The molecule has 6 heteroatoms. The lowest BCUT2D eigenvalue weighted by Crippen LogP contribution is -2.07. The van der Waals surface area contributed by atoms with E-state index in [-0.39, 0.29) is 5.91 Å². The number of nitrogens with zero attached hydrogens (tertiary/aromatic N) is 2. The standard InChI is InChI=1S/C21H19N3O2S/c25-19(22-21-24-23-20(27-21)17-9-10-17)13-8-15-6-11-18(12-7-15)26-14-16-4-2-1-3-5-16/h1-8,11-13,17H,9-10,14H2,(H,22,24,25)/b13-8+. The summed E-state index contributed by atoms with van der Waals surface area (Å²) in [5.41, 5.74) is 2.05. The molecule has 1 amide bonds. The fourth-order valence-electron chi connectivity index (χ4n) is 2.52. The average molecular weight is 377 g/mol. The second-order valence-corrected chi connectivity index (χ2v) is 7.39. The van der Waals surface area contributed by atoms with Gasteiger partial charge in [0.05, 0.1) is 0 Å². The number of hydrogen-bond acceptors (Lipinski definition) is 5. The number of aromatic nitrogens is 2. The van der Waals surface area contributed by atoms with Gasteiger partial charge in [0.2, 0.25) is 11.0 Å². The Hall–Kier alpha value is -2.99. The van der Waals surface area contributed by atoms with Crippen LogP contribution in [0.3, 0.4) is 0 Å². The van der Waals surface area contributed by atoms with E-state index in [1.54, 1.807) is 6.08 Å². The third-order valence-corrected chi connectivity index (χ3v) is 5.15. The molecule has 0 saturated heterocycles. The van der Waals surface area contributed by atoms with E-state index < -0.39 is 0 Å².